The number of rotatable bonds is 6. The van der Waals surface area contributed by atoms with Gasteiger partial charge in [-0.15, -0.1) is 0 Å². The molecule has 0 fully saturated rings. The molecule has 3 heterocycles. The lowest BCUT2D eigenvalue weighted by Gasteiger charge is -2.18. The van der Waals surface area contributed by atoms with Crippen molar-refractivity contribution < 1.29 is 9.53 Å². The van der Waals surface area contributed by atoms with Gasteiger partial charge in [0.25, 0.3) is 0 Å². The predicted octanol–water partition coefficient (Wildman–Crippen LogP) is 6.41. The first kappa shape index (κ1) is 26.2. The summed E-state index contributed by atoms with van der Waals surface area (Å²) in [4.78, 5) is 17.3. The zero-order valence-corrected chi connectivity index (χ0v) is 22.6. The quantitative estimate of drug-likeness (QED) is 0.261. The fourth-order valence-corrected chi connectivity index (χ4v) is 3.94. The number of carbonyl (C=O) groups is 1. The highest BCUT2D eigenvalue weighted by molar-refractivity contribution is 6.01. The van der Waals surface area contributed by atoms with E-state index in [0.29, 0.717) is 34.1 Å². The number of amides is 2. The Balaban J connectivity index is 1.27. The maximum atomic E-state index is 12.9. The molecule has 0 aliphatic carbocycles. The molecule has 3 aromatic heterocycles. The van der Waals surface area contributed by atoms with Crippen LogP contribution >= 0.6 is 0 Å². The zero-order valence-electron chi connectivity index (χ0n) is 22.6. The third-order valence-corrected chi connectivity index (χ3v) is 6.02. The maximum Gasteiger partial charge on any atom is 0.323 e. The molecule has 10 nitrogen and oxygen atoms in total. The number of aromatic nitrogens is 5. The first-order valence-electron chi connectivity index (χ1n) is 12.6. The Bertz CT molecular complexity index is 1690. The molecule has 200 valence electrons. The standard InChI is InChI=1S/C30H28N8O2/c1-30(2,3)38-19-27(28(36-38)21-7-5-20(16-31)6-8-21)35-29(39)34-23-9-11-24(12-10-23)40-25-13-14-32-26(15-25)22-17-33-37(4)18-22/h5-15,17-19H,1-4H3,(H2,34,35,39). The largest absolute Gasteiger partial charge is 0.457 e. The molecule has 0 aliphatic rings. The van der Waals surface area contributed by atoms with E-state index in [0.717, 1.165) is 16.8 Å². The van der Waals surface area contributed by atoms with Crippen molar-refractivity contribution in [2.45, 2.75) is 26.3 Å². The summed E-state index contributed by atoms with van der Waals surface area (Å²) in [6.45, 7) is 6.09. The van der Waals surface area contributed by atoms with Crippen LogP contribution in [0.1, 0.15) is 26.3 Å². The molecule has 0 radical (unpaired) electrons. The fraction of sp³-hybridized carbons (Fsp3) is 0.167. The molecule has 2 aromatic carbocycles. The third kappa shape index (κ3) is 6.00. The molecule has 40 heavy (non-hydrogen) atoms. The van der Waals surface area contributed by atoms with Gasteiger partial charge in [0, 0.05) is 48.5 Å². The normalized spacial score (nSPS) is 11.1. The van der Waals surface area contributed by atoms with Crippen LogP contribution in [-0.2, 0) is 12.6 Å². The van der Waals surface area contributed by atoms with Gasteiger partial charge in [0.05, 0.1) is 34.7 Å². The Morgan fingerprint density at radius 2 is 1.70 bits per heavy atom. The second kappa shape index (κ2) is 10.7. The van der Waals surface area contributed by atoms with Gasteiger partial charge in [-0.05, 0) is 63.2 Å². The van der Waals surface area contributed by atoms with E-state index in [1.807, 2.05) is 52.2 Å². The Hall–Kier alpha value is -5.43. The molecule has 0 atom stereocenters. The van der Waals surface area contributed by atoms with E-state index in [1.165, 1.54) is 0 Å². The van der Waals surface area contributed by atoms with Crippen molar-refractivity contribution in [3.63, 3.8) is 0 Å². The molecule has 5 rings (SSSR count). The molecule has 0 saturated heterocycles. The number of benzene rings is 2. The number of pyridine rings is 1. The van der Waals surface area contributed by atoms with Gasteiger partial charge in [0.2, 0.25) is 0 Å². The van der Waals surface area contributed by atoms with Crippen molar-refractivity contribution in [1.29, 1.82) is 5.26 Å². The van der Waals surface area contributed by atoms with E-state index in [2.05, 4.69) is 26.8 Å². The van der Waals surface area contributed by atoms with Gasteiger partial charge in [0.15, 0.2) is 0 Å². The van der Waals surface area contributed by atoms with Crippen LogP contribution in [0.2, 0.25) is 0 Å². The van der Waals surface area contributed by atoms with Crippen molar-refractivity contribution in [1.82, 2.24) is 24.5 Å². The van der Waals surface area contributed by atoms with Crippen LogP contribution in [0.4, 0.5) is 16.2 Å². The molecule has 0 saturated carbocycles. The minimum absolute atomic E-state index is 0.291. The molecule has 0 aliphatic heterocycles. The van der Waals surface area contributed by atoms with Crippen LogP contribution in [0.25, 0.3) is 22.5 Å². The summed E-state index contributed by atoms with van der Waals surface area (Å²) >= 11 is 0. The Kier molecular flexibility index (Phi) is 7.03. The number of nitriles is 1. The van der Waals surface area contributed by atoms with Crippen molar-refractivity contribution in [2.24, 2.45) is 7.05 Å². The van der Waals surface area contributed by atoms with Gasteiger partial charge in [0.1, 0.15) is 17.2 Å². The molecule has 0 spiro atoms. The molecule has 10 heteroatoms. The molecule has 5 aromatic rings. The minimum Gasteiger partial charge on any atom is -0.457 e. The topological polar surface area (TPSA) is 123 Å². The van der Waals surface area contributed by atoms with Crippen LogP contribution in [0.15, 0.2) is 85.5 Å². The van der Waals surface area contributed by atoms with Gasteiger partial charge in [-0.3, -0.25) is 14.3 Å². The number of hydrogen-bond donors (Lipinski definition) is 2. The summed E-state index contributed by atoms with van der Waals surface area (Å²) in [6, 6.07) is 19.5. The predicted molar refractivity (Wildman–Crippen MR) is 153 cm³/mol. The zero-order chi connectivity index (χ0) is 28.3. The summed E-state index contributed by atoms with van der Waals surface area (Å²) in [5.74, 6) is 1.25. The molecule has 0 unspecified atom stereocenters. The molecule has 2 N–H and O–H groups in total. The maximum absolute atomic E-state index is 12.9. The van der Waals surface area contributed by atoms with E-state index in [9.17, 15) is 4.79 Å². The summed E-state index contributed by atoms with van der Waals surface area (Å²) in [7, 11) is 1.85. The second-order valence-corrected chi connectivity index (χ2v) is 10.2. The number of urea groups is 1. The Labute approximate surface area is 231 Å². The van der Waals surface area contributed by atoms with Crippen molar-refractivity contribution in [2.75, 3.05) is 10.6 Å². The molecule has 2 amide bonds. The third-order valence-electron chi connectivity index (χ3n) is 6.02. The van der Waals surface area contributed by atoms with E-state index >= 15 is 0 Å². The van der Waals surface area contributed by atoms with Crippen LogP contribution in [0.3, 0.4) is 0 Å². The lowest BCUT2D eigenvalue weighted by molar-refractivity contribution is 0.262. The first-order chi connectivity index (χ1) is 19.2. The number of ether oxygens (including phenoxy) is 1. The lowest BCUT2D eigenvalue weighted by atomic mass is 10.1. The fourth-order valence-electron chi connectivity index (χ4n) is 3.94. The van der Waals surface area contributed by atoms with Crippen molar-refractivity contribution in [3.05, 3.63) is 91.0 Å². The average molecular weight is 533 g/mol. The van der Waals surface area contributed by atoms with Crippen LogP contribution in [0, 0.1) is 11.3 Å². The first-order valence-corrected chi connectivity index (χ1v) is 12.6. The van der Waals surface area contributed by atoms with Gasteiger partial charge >= 0.3 is 6.03 Å². The van der Waals surface area contributed by atoms with E-state index in [4.69, 9.17) is 15.1 Å². The number of anilines is 2. The number of nitrogens with one attached hydrogen (secondary N) is 2. The average Bonchev–Trinajstić information content (AvgIpc) is 3.56. The van der Waals surface area contributed by atoms with E-state index in [-0.39, 0.29) is 5.54 Å². The van der Waals surface area contributed by atoms with Gasteiger partial charge in [-0.25, -0.2) is 4.79 Å². The van der Waals surface area contributed by atoms with E-state index in [1.54, 1.807) is 70.4 Å². The summed E-state index contributed by atoms with van der Waals surface area (Å²) in [6.07, 6.45) is 7.13. The van der Waals surface area contributed by atoms with Crippen LogP contribution < -0.4 is 15.4 Å². The van der Waals surface area contributed by atoms with E-state index < -0.39 is 6.03 Å². The van der Waals surface area contributed by atoms with Crippen molar-refractivity contribution >= 4 is 17.4 Å². The van der Waals surface area contributed by atoms with Gasteiger partial charge in [-0.2, -0.15) is 15.5 Å². The highest BCUT2D eigenvalue weighted by Gasteiger charge is 2.20. The number of carbonyl (C=O) groups excluding carboxylic acids is 1. The van der Waals surface area contributed by atoms with Crippen LogP contribution in [0.5, 0.6) is 11.5 Å². The Morgan fingerprint density at radius 1 is 0.950 bits per heavy atom. The number of hydrogen-bond acceptors (Lipinski definition) is 6. The second-order valence-electron chi connectivity index (χ2n) is 10.2. The summed E-state index contributed by atoms with van der Waals surface area (Å²) < 4.78 is 9.52. The minimum atomic E-state index is -0.410. The monoisotopic (exact) mass is 532 g/mol. The Morgan fingerprint density at radius 3 is 2.35 bits per heavy atom. The molecular weight excluding hydrogens is 504 g/mol. The smallest absolute Gasteiger partial charge is 0.323 e. The molecular formula is C30H28N8O2. The number of aryl methyl sites for hydroxylation is 1. The number of nitrogens with zero attached hydrogens (tertiary/aromatic N) is 6. The lowest BCUT2D eigenvalue weighted by Crippen LogP contribution is -2.22. The summed E-state index contributed by atoms with van der Waals surface area (Å²) in [5, 5.41) is 23.8. The van der Waals surface area contributed by atoms with Gasteiger partial charge < -0.3 is 15.4 Å². The summed E-state index contributed by atoms with van der Waals surface area (Å²) in [5.41, 5.74) is 4.48. The highest BCUT2D eigenvalue weighted by Crippen LogP contribution is 2.30. The van der Waals surface area contributed by atoms with Crippen molar-refractivity contribution in [3.8, 4) is 40.1 Å². The van der Waals surface area contributed by atoms with Gasteiger partial charge in [-0.1, -0.05) is 12.1 Å². The SMILES string of the molecule is Cn1cc(-c2cc(Oc3ccc(NC(=O)Nc4cn(C(C)(C)C)nc4-c4ccc(C#N)cc4)cc3)ccn2)cn1. The molecule has 0 bridgehead atoms. The van der Waals surface area contributed by atoms with Crippen LogP contribution in [-0.4, -0.2) is 30.6 Å². The highest BCUT2D eigenvalue weighted by atomic mass is 16.5.